The molecule has 1 aliphatic heterocycles. The first-order chi connectivity index (χ1) is 13.6. The minimum Gasteiger partial charge on any atom is -0.508 e. The lowest BCUT2D eigenvalue weighted by molar-refractivity contribution is -0.0717. The molecule has 0 bridgehead atoms. The zero-order chi connectivity index (χ0) is 18.9. The van der Waals surface area contributed by atoms with Crippen molar-refractivity contribution in [3.8, 4) is 28.4 Å². The molecule has 2 aromatic carbocycles. The number of hydrogen-bond acceptors (Lipinski definition) is 3. The number of hydrogen-bond donors (Lipinski definition) is 1. The third-order valence-corrected chi connectivity index (χ3v) is 8.32. The van der Waals surface area contributed by atoms with Gasteiger partial charge in [-0.05, 0) is 101 Å². The van der Waals surface area contributed by atoms with E-state index in [0.717, 1.165) is 59.2 Å². The summed E-state index contributed by atoms with van der Waals surface area (Å²) in [5, 5.41) is 10.6. The van der Waals surface area contributed by atoms with Crippen LogP contribution in [0.25, 0.3) is 11.1 Å². The Morgan fingerprint density at radius 1 is 0.750 bits per heavy atom. The Kier molecular flexibility index (Phi) is 3.76. The van der Waals surface area contributed by atoms with E-state index in [1.165, 1.54) is 42.4 Å². The van der Waals surface area contributed by atoms with E-state index < -0.39 is 5.79 Å². The van der Waals surface area contributed by atoms with Crippen LogP contribution in [0.5, 0.6) is 17.2 Å². The molecule has 6 rings (SSSR count). The van der Waals surface area contributed by atoms with Gasteiger partial charge in [0.1, 0.15) is 5.75 Å². The lowest BCUT2D eigenvalue weighted by atomic mass is 9.83. The molecule has 1 N–H and O–H groups in total. The summed E-state index contributed by atoms with van der Waals surface area (Å²) in [5.41, 5.74) is 5.22. The molecule has 0 aromatic heterocycles. The standard InChI is InChI=1S/C24H25IO3/c25-19-7-5-16(21-22(19)28-24(27-21)11-3-4-12-24)15-6-8-20(26)18-14-23(13-17(15)18)9-1-2-10-23/h5-8,26H,1-4,9-14H2. The maximum absolute atomic E-state index is 10.6. The van der Waals surface area contributed by atoms with Crippen LogP contribution in [0.15, 0.2) is 24.3 Å². The highest BCUT2D eigenvalue weighted by Gasteiger charge is 2.47. The highest BCUT2D eigenvalue weighted by Crippen LogP contribution is 2.56. The average molecular weight is 488 g/mol. The Hall–Kier alpha value is -1.43. The number of halogens is 1. The number of rotatable bonds is 1. The fourth-order valence-corrected chi connectivity index (χ4v) is 6.62. The van der Waals surface area contributed by atoms with Crippen LogP contribution in [0.1, 0.15) is 62.5 Å². The van der Waals surface area contributed by atoms with Crippen molar-refractivity contribution in [3.63, 3.8) is 0 Å². The van der Waals surface area contributed by atoms with E-state index in [1.807, 2.05) is 6.07 Å². The summed E-state index contributed by atoms with van der Waals surface area (Å²) in [6, 6.07) is 8.30. The van der Waals surface area contributed by atoms with Gasteiger partial charge in [-0.1, -0.05) is 18.9 Å². The zero-order valence-corrected chi connectivity index (χ0v) is 18.2. The highest BCUT2D eigenvalue weighted by molar-refractivity contribution is 14.1. The van der Waals surface area contributed by atoms with Crippen LogP contribution in [0, 0.1) is 8.99 Å². The van der Waals surface area contributed by atoms with Gasteiger partial charge in [-0.2, -0.15) is 0 Å². The van der Waals surface area contributed by atoms with Gasteiger partial charge in [0.05, 0.1) is 3.57 Å². The molecular weight excluding hydrogens is 463 g/mol. The topological polar surface area (TPSA) is 38.7 Å². The van der Waals surface area contributed by atoms with Crippen LogP contribution >= 0.6 is 22.6 Å². The van der Waals surface area contributed by atoms with Crippen molar-refractivity contribution < 1.29 is 14.6 Å². The summed E-state index contributed by atoms with van der Waals surface area (Å²) in [6.45, 7) is 0. The molecule has 2 aromatic rings. The summed E-state index contributed by atoms with van der Waals surface area (Å²) >= 11 is 2.35. The fourth-order valence-electron chi connectivity index (χ4n) is 6.08. The van der Waals surface area contributed by atoms with Gasteiger partial charge >= 0.3 is 0 Å². The van der Waals surface area contributed by atoms with Gasteiger partial charge in [0.2, 0.25) is 0 Å². The summed E-state index contributed by atoms with van der Waals surface area (Å²) in [6.07, 6.45) is 11.6. The molecule has 2 saturated carbocycles. The monoisotopic (exact) mass is 488 g/mol. The normalized spacial score (nSPS) is 23.0. The van der Waals surface area contributed by atoms with E-state index in [0.29, 0.717) is 11.2 Å². The second-order valence-electron chi connectivity index (χ2n) is 9.23. The molecule has 0 saturated heterocycles. The maximum atomic E-state index is 10.6. The van der Waals surface area contributed by atoms with Gasteiger partial charge in [-0.25, -0.2) is 0 Å². The molecule has 2 fully saturated rings. The number of ether oxygens (including phenoxy) is 2. The third kappa shape index (κ3) is 2.45. The van der Waals surface area contributed by atoms with Crippen molar-refractivity contribution in [1.29, 1.82) is 0 Å². The van der Waals surface area contributed by atoms with E-state index in [2.05, 4.69) is 40.8 Å². The van der Waals surface area contributed by atoms with Crippen LogP contribution < -0.4 is 9.47 Å². The minimum absolute atomic E-state index is 0.367. The van der Waals surface area contributed by atoms with Crippen molar-refractivity contribution in [3.05, 3.63) is 39.0 Å². The van der Waals surface area contributed by atoms with Crippen molar-refractivity contribution >= 4 is 22.6 Å². The summed E-state index contributed by atoms with van der Waals surface area (Å²) in [5.74, 6) is 1.84. The minimum atomic E-state index is -0.453. The molecule has 4 heteroatoms. The lowest BCUT2D eigenvalue weighted by Gasteiger charge is -2.22. The molecule has 0 radical (unpaired) electrons. The Morgan fingerprint density at radius 2 is 1.39 bits per heavy atom. The van der Waals surface area contributed by atoms with Gasteiger partial charge in [-0.3, -0.25) is 0 Å². The van der Waals surface area contributed by atoms with Gasteiger partial charge in [-0.15, -0.1) is 0 Å². The molecule has 2 spiro atoms. The zero-order valence-electron chi connectivity index (χ0n) is 16.0. The number of benzene rings is 2. The number of phenolic OH excluding ortho intramolecular Hbond substituents is 1. The smallest absolute Gasteiger partial charge is 0.251 e. The third-order valence-electron chi connectivity index (χ3n) is 7.47. The van der Waals surface area contributed by atoms with Crippen molar-refractivity contribution in [2.45, 2.75) is 70.0 Å². The van der Waals surface area contributed by atoms with E-state index >= 15 is 0 Å². The van der Waals surface area contributed by atoms with Gasteiger partial charge < -0.3 is 14.6 Å². The molecule has 0 amide bonds. The predicted octanol–water partition coefficient (Wildman–Crippen LogP) is 6.36. The lowest BCUT2D eigenvalue weighted by Crippen LogP contribution is -2.34. The largest absolute Gasteiger partial charge is 0.508 e. The van der Waals surface area contributed by atoms with Crippen LogP contribution in [0.4, 0.5) is 0 Å². The van der Waals surface area contributed by atoms with Crippen molar-refractivity contribution in [2.75, 3.05) is 0 Å². The van der Waals surface area contributed by atoms with Crippen LogP contribution in [-0.2, 0) is 12.8 Å². The first-order valence-corrected chi connectivity index (χ1v) is 11.7. The molecular formula is C24H25IO3. The van der Waals surface area contributed by atoms with Crippen LogP contribution in [-0.4, -0.2) is 10.9 Å². The Morgan fingerprint density at radius 3 is 2.18 bits per heavy atom. The Balaban J connectivity index is 1.48. The SMILES string of the molecule is Oc1ccc(-c2ccc(I)c3c2OC2(CCCC2)O3)c2c1CC1(CCCC1)C2. The Labute approximate surface area is 179 Å². The maximum Gasteiger partial charge on any atom is 0.251 e. The molecule has 3 aliphatic carbocycles. The molecule has 28 heavy (non-hydrogen) atoms. The number of fused-ring (bicyclic) bond motifs is 2. The number of phenols is 1. The molecule has 0 unspecified atom stereocenters. The first kappa shape index (κ1) is 17.4. The molecule has 146 valence electrons. The summed E-state index contributed by atoms with van der Waals surface area (Å²) < 4.78 is 14.1. The van der Waals surface area contributed by atoms with Gasteiger partial charge in [0.25, 0.3) is 5.79 Å². The second kappa shape index (κ2) is 6.04. The van der Waals surface area contributed by atoms with Gasteiger partial charge in [0.15, 0.2) is 11.5 Å². The predicted molar refractivity (Wildman–Crippen MR) is 117 cm³/mol. The Bertz CT molecular complexity index is 889. The van der Waals surface area contributed by atoms with Crippen molar-refractivity contribution in [2.24, 2.45) is 5.41 Å². The second-order valence-corrected chi connectivity index (χ2v) is 10.4. The fraction of sp³-hybridized carbons (Fsp3) is 0.500. The van der Waals surface area contributed by atoms with E-state index in [9.17, 15) is 5.11 Å². The van der Waals surface area contributed by atoms with Crippen molar-refractivity contribution in [1.82, 2.24) is 0 Å². The molecule has 4 aliphatic rings. The van der Waals surface area contributed by atoms with Crippen LogP contribution in [0.3, 0.4) is 0 Å². The van der Waals surface area contributed by atoms with Crippen LogP contribution in [0.2, 0.25) is 0 Å². The van der Waals surface area contributed by atoms with E-state index in [-0.39, 0.29) is 0 Å². The average Bonchev–Trinajstić information content (AvgIpc) is 3.46. The highest BCUT2D eigenvalue weighted by atomic mass is 127. The summed E-state index contributed by atoms with van der Waals surface area (Å²) in [4.78, 5) is 0. The van der Waals surface area contributed by atoms with Gasteiger partial charge in [0, 0.05) is 18.4 Å². The van der Waals surface area contributed by atoms with E-state index in [4.69, 9.17) is 9.47 Å². The molecule has 0 atom stereocenters. The summed E-state index contributed by atoms with van der Waals surface area (Å²) in [7, 11) is 0. The molecule has 1 heterocycles. The molecule has 3 nitrogen and oxygen atoms in total. The quantitative estimate of drug-likeness (QED) is 0.475. The first-order valence-electron chi connectivity index (χ1n) is 10.6. The van der Waals surface area contributed by atoms with E-state index in [1.54, 1.807) is 0 Å². The number of aromatic hydroxyl groups is 1.